The van der Waals surface area contributed by atoms with Crippen molar-refractivity contribution in [3.8, 4) is 0 Å². The van der Waals surface area contributed by atoms with Crippen molar-refractivity contribution >= 4 is 11.9 Å². The van der Waals surface area contributed by atoms with Crippen LogP contribution in [0, 0.1) is 23.7 Å². The van der Waals surface area contributed by atoms with Crippen LogP contribution in [0.5, 0.6) is 0 Å². The standard InChI is InChI=1S/C24H35N3O3/c1-16(2)18-7-9-20(10-8-18)23-25-22(26-30-23)19-5-3-17(4-6-19)15-27-13-11-21(12-14-27)24(28)29/h3-6,16,18,20-22,26H,7-15H2,1-2H3,(H,28,29). The second-order valence-corrected chi connectivity index (χ2v) is 9.58. The van der Waals surface area contributed by atoms with Crippen LogP contribution in [0.25, 0.3) is 0 Å². The van der Waals surface area contributed by atoms with E-state index in [1.165, 1.54) is 31.2 Å². The van der Waals surface area contributed by atoms with Gasteiger partial charge in [-0.3, -0.25) is 9.69 Å². The zero-order chi connectivity index (χ0) is 21.1. The van der Waals surface area contributed by atoms with E-state index in [0.717, 1.165) is 55.8 Å². The van der Waals surface area contributed by atoms with E-state index in [9.17, 15) is 4.79 Å². The van der Waals surface area contributed by atoms with Crippen molar-refractivity contribution < 1.29 is 14.7 Å². The maximum Gasteiger partial charge on any atom is 0.306 e. The van der Waals surface area contributed by atoms with E-state index in [4.69, 9.17) is 14.9 Å². The summed E-state index contributed by atoms with van der Waals surface area (Å²) in [4.78, 5) is 24.1. The van der Waals surface area contributed by atoms with Gasteiger partial charge < -0.3 is 9.94 Å². The van der Waals surface area contributed by atoms with E-state index in [2.05, 4.69) is 48.5 Å². The molecule has 1 atom stereocenters. The molecule has 1 unspecified atom stereocenters. The number of nitrogens with zero attached hydrogens (tertiary/aromatic N) is 2. The number of rotatable bonds is 6. The smallest absolute Gasteiger partial charge is 0.306 e. The summed E-state index contributed by atoms with van der Waals surface area (Å²) in [6, 6.07) is 8.56. The molecular weight excluding hydrogens is 378 g/mol. The van der Waals surface area contributed by atoms with Gasteiger partial charge in [-0.15, -0.1) is 5.48 Å². The third kappa shape index (κ3) is 5.03. The van der Waals surface area contributed by atoms with Crippen LogP contribution in [-0.4, -0.2) is 35.0 Å². The summed E-state index contributed by atoms with van der Waals surface area (Å²) in [6.07, 6.45) is 6.26. The largest absolute Gasteiger partial charge is 0.481 e. The Bertz CT molecular complexity index is 745. The molecule has 0 spiro atoms. The molecule has 0 amide bonds. The lowest BCUT2D eigenvalue weighted by molar-refractivity contribution is -0.143. The molecule has 4 rings (SSSR count). The number of carboxylic acids is 1. The molecule has 6 nitrogen and oxygen atoms in total. The van der Waals surface area contributed by atoms with Crippen LogP contribution in [0.3, 0.4) is 0 Å². The minimum atomic E-state index is -0.654. The van der Waals surface area contributed by atoms with Gasteiger partial charge in [0, 0.05) is 12.5 Å². The van der Waals surface area contributed by atoms with E-state index in [1.54, 1.807) is 0 Å². The Morgan fingerprint density at radius 3 is 2.40 bits per heavy atom. The minimum absolute atomic E-state index is 0.122. The number of hydroxylamine groups is 1. The van der Waals surface area contributed by atoms with Crippen LogP contribution in [0.15, 0.2) is 29.3 Å². The van der Waals surface area contributed by atoms with Gasteiger partial charge in [0.25, 0.3) is 0 Å². The summed E-state index contributed by atoms with van der Waals surface area (Å²) >= 11 is 0. The van der Waals surface area contributed by atoms with E-state index < -0.39 is 5.97 Å². The lowest BCUT2D eigenvalue weighted by Gasteiger charge is -2.30. The molecule has 2 aliphatic heterocycles. The molecule has 1 aromatic carbocycles. The molecule has 3 aliphatic rings. The van der Waals surface area contributed by atoms with Gasteiger partial charge in [0.1, 0.15) is 0 Å². The second-order valence-electron chi connectivity index (χ2n) is 9.58. The molecule has 2 N–H and O–H groups in total. The Balaban J connectivity index is 1.29. The summed E-state index contributed by atoms with van der Waals surface area (Å²) in [5.74, 6) is 2.11. The van der Waals surface area contributed by atoms with Crippen molar-refractivity contribution in [3.63, 3.8) is 0 Å². The second kappa shape index (κ2) is 9.48. The Labute approximate surface area is 179 Å². The molecule has 164 valence electrons. The van der Waals surface area contributed by atoms with E-state index in [-0.39, 0.29) is 12.1 Å². The highest BCUT2D eigenvalue weighted by Crippen LogP contribution is 2.35. The number of benzene rings is 1. The van der Waals surface area contributed by atoms with Crippen molar-refractivity contribution in [3.05, 3.63) is 35.4 Å². The normalized spacial score (nSPS) is 28.4. The number of aliphatic carboxylic acids is 1. The van der Waals surface area contributed by atoms with E-state index in [0.29, 0.717) is 5.92 Å². The maximum absolute atomic E-state index is 11.1. The summed E-state index contributed by atoms with van der Waals surface area (Å²) < 4.78 is 0. The lowest BCUT2D eigenvalue weighted by Crippen LogP contribution is -2.35. The van der Waals surface area contributed by atoms with Crippen LogP contribution in [0.4, 0.5) is 0 Å². The first kappa shape index (κ1) is 21.3. The van der Waals surface area contributed by atoms with Crippen molar-refractivity contribution in [1.82, 2.24) is 10.4 Å². The molecule has 1 saturated heterocycles. The van der Waals surface area contributed by atoms with Crippen molar-refractivity contribution in [2.75, 3.05) is 13.1 Å². The van der Waals surface area contributed by atoms with Gasteiger partial charge in [0.05, 0.1) is 5.92 Å². The first-order valence-corrected chi connectivity index (χ1v) is 11.5. The average molecular weight is 414 g/mol. The quantitative estimate of drug-likeness (QED) is 0.724. The fourth-order valence-electron chi connectivity index (χ4n) is 5.06. The molecule has 30 heavy (non-hydrogen) atoms. The highest BCUT2D eigenvalue weighted by molar-refractivity contribution is 5.80. The minimum Gasteiger partial charge on any atom is -0.481 e. The van der Waals surface area contributed by atoms with Crippen molar-refractivity contribution in [2.24, 2.45) is 28.7 Å². The van der Waals surface area contributed by atoms with Gasteiger partial charge in [-0.2, -0.15) is 0 Å². The predicted octanol–water partition coefficient (Wildman–Crippen LogP) is 4.38. The molecule has 0 aromatic heterocycles. The van der Waals surface area contributed by atoms with Crippen molar-refractivity contribution in [1.29, 1.82) is 0 Å². The van der Waals surface area contributed by atoms with Gasteiger partial charge in [-0.1, -0.05) is 38.1 Å². The summed E-state index contributed by atoms with van der Waals surface area (Å²) in [6.45, 7) is 7.23. The number of carbonyl (C=O) groups is 1. The monoisotopic (exact) mass is 413 g/mol. The third-order valence-corrected chi connectivity index (χ3v) is 7.23. The highest BCUT2D eigenvalue weighted by Gasteiger charge is 2.31. The number of likely N-dealkylation sites (tertiary alicyclic amines) is 1. The number of nitrogens with one attached hydrogen (secondary N) is 1. The van der Waals surface area contributed by atoms with Gasteiger partial charge in [0.2, 0.25) is 5.90 Å². The lowest BCUT2D eigenvalue weighted by atomic mass is 9.77. The highest BCUT2D eigenvalue weighted by atomic mass is 16.7. The molecule has 1 saturated carbocycles. The van der Waals surface area contributed by atoms with E-state index >= 15 is 0 Å². The van der Waals surface area contributed by atoms with Crippen LogP contribution < -0.4 is 5.48 Å². The Hall–Kier alpha value is -1.92. The van der Waals surface area contributed by atoms with Crippen LogP contribution in [0.1, 0.15) is 69.7 Å². The average Bonchev–Trinajstić information content (AvgIpc) is 3.25. The molecule has 2 heterocycles. The predicted molar refractivity (Wildman–Crippen MR) is 117 cm³/mol. The zero-order valence-corrected chi connectivity index (χ0v) is 18.2. The molecule has 1 aromatic rings. The Morgan fingerprint density at radius 2 is 1.80 bits per heavy atom. The van der Waals surface area contributed by atoms with Gasteiger partial charge >= 0.3 is 5.97 Å². The molecular formula is C24H35N3O3. The fraction of sp³-hybridized carbons (Fsp3) is 0.667. The zero-order valence-electron chi connectivity index (χ0n) is 18.2. The third-order valence-electron chi connectivity index (χ3n) is 7.23. The van der Waals surface area contributed by atoms with Crippen molar-refractivity contribution in [2.45, 2.75) is 65.1 Å². The summed E-state index contributed by atoms with van der Waals surface area (Å²) in [5, 5.41) is 9.14. The van der Waals surface area contributed by atoms with Gasteiger partial charge in [-0.05, 0) is 74.6 Å². The number of piperidine rings is 1. The van der Waals surface area contributed by atoms with Gasteiger partial charge in [-0.25, -0.2) is 4.99 Å². The molecule has 0 radical (unpaired) electrons. The Kier molecular flexibility index (Phi) is 6.74. The van der Waals surface area contributed by atoms with Crippen LogP contribution in [0.2, 0.25) is 0 Å². The molecule has 1 aliphatic carbocycles. The number of hydrogen-bond donors (Lipinski definition) is 2. The fourth-order valence-corrected chi connectivity index (χ4v) is 5.06. The van der Waals surface area contributed by atoms with Gasteiger partial charge in [0.15, 0.2) is 6.17 Å². The first-order valence-electron chi connectivity index (χ1n) is 11.5. The topological polar surface area (TPSA) is 74.2 Å². The van der Waals surface area contributed by atoms with Crippen LogP contribution in [-0.2, 0) is 16.2 Å². The SMILES string of the molecule is CC(C)C1CCC(C2=NC(c3ccc(CN4CCC(C(=O)O)CC4)cc3)NO2)CC1. The Morgan fingerprint density at radius 1 is 1.13 bits per heavy atom. The molecule has 2 fully saturated rings. The molecule has 6 heteroatoms. The number of hydrogen-bond acceptors (Lipinski definition) is 5. The number of carboxylic acid groups (broad SMARTS) is 1. The first-order chi connectivity index (χ1) is 14.5. The van der Waals surface area contributed by atoms with Crippen LogP contribution >= 0.6 is 0 Å². The molecule has 0 bridgehead atoms. The van der Waals surface area contributed by atoms with E-state index in [1.807, 2.05) is 0 Å². The maximum atomic E-state index is 11.1. The number of aliphatic imine (C=N–C) groups is 1. The summed E-state index contributed by atoms with van der Waals surface area (Å²) in [7, 11) is 0. The summed E-state index contributed by atoms with van der Waals surface area (Å²) in [5.41, 5.74) is 5.47.